The third-order valence-electron chi connectivity index (χ3n) is 3.51. The predicted molar refractivity (Wildman–Crippen MR) is 108 cm³/mol. The van der Waals surface area contributed by atoms with Gasteiger partial charge in [0.1, 0.15) is 0 Å². The van der Waals surface area contributed by atoms with E-state index in [0.29, 0.717) is 21.3 Å². The summed E-state index contributed by atoms with van der Waals surface area (Å²) in [7, 11) is 0. The number of halogens is 2. The van der Waals surface area contributed by atoms with Crippen molar-refractivity contribution < 1.29 is 4.79 Å². The zero-order valence-electron chi connectivity index (χ0n) is 14.1. The number of H-pyrrole nitrogens is 1. The lowest BCUT2D eigenvalue weighted by Crippen LogP contribution is -2.23. The van der Waals surface area contributed by atoms with Crippen molar-refractivity contribution in [3.63, 3.8) is 0 Å². The molecule has 1 amide bonds. The van der Waals surface area contributed by atoms with E-state index in [1.54, 1.807) is 37.3 Å². The second kappa shape index (κ2) is 8.56. The third kappa shape index (κ3) is 5.09. The smallest absolute Gasteiger partial charge is 0.278 e. The van der Waals surface area contributed by atoms with Crippen LogP contribution in [0.5, 0.6) is 0 Å². The van der Waals surface area contributed by atoms with Crippen LogP contribution in [-0.4, -0.2) is 26.3 Å². The van der Waals surface area contributed by atoms with Crippen molar-refractivity contribution in [2.24, 2.45) is 0 Å². The Morgan fingerprint density at radius 2 is 1.78 bits per heavy atom. The quantitative estimate of drug-likeness (QED) is 0.602. The van der Waals surface area contributed by atoms with E-state index in [0.717, 1.165) is 11.8 Å². The number of hydrogen-bond donors (Lipinski definition) is 2. The van der Waals surface area contributed by atoms with Crippen LogP contribution >= 0.6 is 35.0 Å². The fraction of sp³-hybridized carbons (Fsp3) is 0.111. The van der Waals surface area contributed by atoms with Crippen LogP contribution in [0, 0.1) is 0 Å². The van der Waals surface area contributed by atoms with Gasteiger partial charge in [0, 0.05) is 21.3 Å². The number of carbonyl (C=O) groups is 1. The fourth-order valence-corrected chi connectivity index (χ4v) is 3.52. The number of carbonyl (C=O) groups excluding carboxylic acids is 1. The molecule has 0 aliphatic carbocycles. The Balaban J connectivity index is 1.70. The monoisotopic (exact) mass is 420 g/mol. The standard InChI is InChI=1S/C18H14Cl2N4O2S/c1-10(16(25)21-14-8-12(19)7-13(20)9-14)27-18-22-17(26)15(23-24-18)11-5-3-2-4-6-11/h2-10H,1H3,(H,21,25)(H,22,24,26). The fourth-order valence-electron chi connectivity index (χ4n) is 2.25. The number of thioether (sulfide) groups is 1. The highest BCUT2D eigenvalue weighted by atomic mass is 35.5. The SMILES string of the molecule is CC(Sc1nnc(-c2ccccc2)c(=O)[nH]1)C(=O)Nc1cc(Cl)cc(Cl)c1. The Kier molecular flexibility index (Phi) is 6.15. The van der Waals surface area contributed by atoms with E-state index >= 15 is 0 Å². The van der Waals surface area contributed by atoms with Crippen LogP contribution in [-0.2, 0) is 4.79 Å². The number of anilines is 1. The molecule has 1 aromatic heterocycles. The molecule has 0 aliphatic rings. The van der Waals surface area contributed by atoms with E-state index in [2.05, 4.69) is 20.5 Å². The van der Waals surface area contributed by atoms with Crippen molar-refractivity contribution in [1.29, 1.82) is 0 Å². The number of hydrogen-bond acceptors (Lipinski definition) is 5. The molecule has 3 aromatic rings. The zero-order valence-corrected chi connectivity index (χ0v) is 16.4. The molecule has 0 bridgehead atoms. The second-order valence-electron chi connectivity index (χ2n) is 5.58. The van der Waals surface area contributed by atoms with Crippen LogP contribution in [0.15, 0.2) is 58.5 Å². The van der Waals surface area contributed by atoms with Gasteiger partial charge >= 0.3 is 0 Å². The van der Waals surface area contributed by atoms with E-state index < -0.39 is 5.25 Å². The van der Waals surface area contributed by atoms with Crippen LogP contribution in [0.25, 0.3) is 11.3 Å². The van der Waals surface area contributed by atoms with Crippen molar-refractivity contribution in [1.82, 2.24) is 15.2 Å². The molecule has 2 aromatic carbocycles. The van der Waals surface area contributed by atoms with Gasteiger partial charge in [-0.05, 0) is 25.1 Å². The molecule has 9 heteroatoms. The van der Waals surface area contributed by atoms with Crippen LogP contribution in [0.1, 0.15) is 6.92 Å². The Bertz CT molecular complexity index is 1010. The first-order valence-electron chi connectivity index (χ1n) is 7.88. The number of amides is 1. The molecule has 0 saturated heterocycles. The first kappa shape index (κ1) is 19.4. The number of aromatic amines is 1. The Morgan fingerprint density at radius 1 is 1.11 bits per heavy atom. The molecular formula is C18H14Cl2N4O2S. The van der Waals surface area contributed by atoms with Crippen molar-refractivity contribution in [3.05, 3.63) is 68.9 Å². The lowest BCUT2D eigenvalue weighted by molar-refractivity contribution is -0.115. The Morgan fingerprint density at radius 3 is 2.41 bits per heavy atom. The maximum absolute atomic E-state index is 12.4. The highest BCUT2D eigenvalue weighted by molar-refractivity contribution is 8.00. The van der Waals surface area contributed by atoms with Crippen molar-refractivity contribution in [3.8, 4) is 11.3 Å². The number of benzene rings is 2. The summed E-state index contributed by atoms with van der Waals surface area (Å²) in [5.74, 6) is -0.284. The normalized spacial score (nSPS) is 11.8. The van der Waals surface area contributed by atoms with Gasteiger partial charge in [-0.25, -0.2) is 0 Å². The minimum atomic E-state index is -0.532. The van der Waals surface area contributed by atoms with Gasteiger partial charge in [0.15, 0.2) is 10.9 Å². The van der Waals surface area contributed by atoms with Crippen molar-refractivity contribution >= 4 is 46.6 Å². The van der Waals surface area contributed by atoms with Gasteiger partial charge < -0.3 is 5.32 Å². The average Bonchev–Trinajstić information content (AvgIpc) is 2.61. The molecule has 0 aliphatic heterocycles. The summed E-state index contributed by atoms with van der Waals surface area (Å²) in [4.78, 5) is 27.3. The molecular weight excluding hydrogens is 407 g/mol. The second-order valence-corrected chi connectivity index (χ2v) is 7.78. The highest BCUT2D eigenvalue weighted by Gasteiger charge is 2.17. The summed E-state index contributed by atoms with van der Waals surface area (Å²) in [6, 6.07) is 13.8. The molecule has 2 N–H and O–H groups in total. The lowest BCUT2D eigenvalue weighted by atomic mass is 10.2. The number of nitrogens with zero attached hydrogens (tertiary/aromatic N) is 2. The molecule has 27 heavy (non-hydrogen) atoms. The van der Waals surface area contributed by atoms with Crippen LogP contribution in [0.4, 0.5) is 5.69 Å². The van der Waals surface area contributed by atoms with E-state index in [-0.39, 0.29) is 22.3 Å². The molecule has 6 nitrogen and oxygen atoms in total. The molecule has 138 valence electrons. The molecule has 0 saturated carbocycles. The predicted octanol–water partition coefficient (Wildman–Crippen LogP) is 4.26. The summed E-state index contributed by atoms with van der Waals surface area (Å²) in [5.41, 5.74) is 1.02. The maximum atomic E-state index is 12.4. The van der Waals surface area contributed by atoms with Crippen LogP contribution < -0.4 is 10.9 Å². The lowest BCUT2D eigenvalue weighted by Gasteiger charge is -2.11. The number of rotatable bonds is 5. The molecule has 0 spiro atoms. The minimum absolute atomic E-state index is 0.227. The van der Waals surface area contributed by atoms with Crippen molar-refractivity contribution in [2.75, 3.05) is 5.32 Å². The van der Waals surface area contributed by atoms with Gasteiger partial charge in [0.2, 0.25) is 5.91 Å². The zero-order chi connectivity index (χ0) is 19.4. The number of nitrogens with one attached hydrogen (secondary N) is 2. The van der Waals surface area contributed by atoms with E-state index in [1.165, 1.54) is 0 Å². The molecule has 0 radical (unpaired) electrons. The molecule has 0 fully saturated rings. The van der Waals surface area contributed by atoms with Gasteiger partial charge in [-0.1, -0.05) is 65.3 Å². The number of aromatic nitrogens is 3. The van der Waals surface area contributed by atoms with Gasteiger partial charge in [0.25, 0.3) is 5.56 Å². The van der Waals surface area contributed by atoms with Gasteiger partial charge in [-0.3, -0.25) is 14.6 Å². The third-order valence-corrected chi connectivity index (χ3v) is 4.92. The Hall–Kier alpha value is -2.35. The summed E-state index contributed by atoms with van der Waals surface area (Å²) in [5, 5.41) is 11.3. The molecule has 3 rings (SSSR count). The molecule has 1 heterocycles. The van der Waals surface area contributed by atoms with E-state index in [4.69, 9.17) is 23.2 Å². The molecule has 1 unspecified atom stereocenters. The summed E-state index contributed by atoms with van der Waals surface area (Å²) >= 11 is 12.9. The van der Waals surface area contributed by atoms with E-state index in [1.807, 2.05) is 18.2 Å². The summed E-state index contributed by atoms with van der Waals surface area (Å²) < 4.78 is 0. The largest absolute Gasteiger partial charge is 0.325 e. The topological polar surface area (TPSA) is 87.7 Å². The average molecular weight is 421 g/mol. The minimum Gasteiger partial charge on any atom is -0.325 e. The van der Waals surface area contributed by atoms with Gasteiger partial charge in [0.05, 0.1) is 5.25 Å². The first-order chi connectivity index (χ1) is 12.9. The van der Waals surface area contributed by atoms with Crippen molar-refractivity contribution in [2.45, 2.75) is 17.3 Å². The highest BCUT2D eigenvalue weighted by Crippen LogP contribution is 2.24. The Labute approximate surface area is 169 Å². The summed E-state index contributed by atoms with van der Waals surface area (Å²) in [6.45, 7) is 1.69. The maximum Gasteiger partial charge on any atom is 0.278 e. The van der Waals surface area contributed by atoms with Gasteiger partial charge in [-0.15, -0.1) is 10.2 Å². The van der Waals surface area contributed by atoms with E-state index in [9.17, 15) is 9.59 Å². The summed E-state index contributed by atoms with van der Waals surface area (Å²) in [6.07, 6.45) is 0. The molecule has 1 atom stereocenters. The van der Waals surface area contributed by atoms with Gasteiger partial charge in [-0.2, -0.15) is 0 Å². The first-order valence-corrected chi connectivity index (χ1v) is 9.52. The van der Waals surface area contributed by atoms with Crippen LogP contribution in [0.2, 0.25) is 10.0 Å². The van der Waals surface area contributed by atoms with Crippen LogP contribution in [0.3, 0.4) is 0 Å².